The van der Waals surface area contributed by atoms with E-state index in [9.17, 15) is 23.9 Å². The molecule has 0 fully saturated rings. The number of phenolic OH excluding ortho intramolecular Hbond substituents is 1. The maximum Gasteiger partial charge on any atom is 0.372 e. The molecule has 0 amide bonds. The van der Waals surface area contributed by atoms with Crippen molar-refractivity contribution in [3.05, 3.63) is 65.6 Å². The number of aromatic hydroxyl groups is 1. The number of aromatic nitrogens is 1. The average Bonchev–Trinajstić information content (AvgIpc) is 2.97. The molecule has 0 atom stereocenters. The molecule has 0 aliphatic heterocycles. The summed E-state index contributed by atoms with van der Waals surface area (Å²) in [5.41, 5.74) is 1.38. The van der Waals surface area contributed by atoms with Gasteiger partial charge in [-0.15, -0.1) is 0 Å². The van der Waals surface area contributed by atoms with E-state index in [4.69, 9.17) is 5.11 Å². The summed E-state index contributed by atoms with van der Waals surface area (Å²) in [6.45, 7) is 0.306. The number of rotatable bonds is 6. The second-order valence-electron chi connectivity index (χ2n) is 5.80. The van der Waals surface area contributed by atoms with Gasteiger partial charge in [-0.2, -0.15) is 0 Å². The van der Waals surface area contributed by atoms with Crippen LogP contribution < -0.4 is 0 Å². The molecule has 0 unspecified atom stereocenters. The van der Waals surface area contributed by atoms with Gasteiger partial charge in [-0.3, -0.25) is 9.59 Å². The Balaban J connectivity index is 2.04. The van der Waals surface area contributed by atoms with E-state index in [2.05, 4.69) is 0 Å². The number of hydrogen-bond acceptors (Lipinski definition) is 4. The van der Waals surface area contributed by atoms with Gasteiger partial charge in [0, 0.05) is 18.3 Å². The fourth-order valence-electron chi connectivity index (χ4n) is 2.78. The summed E-state index contributed by atoms with van der Waals surface area (Å²) in [6, 6.07) is 10.5. The molecule has 3 rings (SSSR count). The first kappa shape index (κ1) is 17.3. The number of carbonyl (C=O) groups is 3. The van der Waals surface area contributed by atoms with Crippen LogP contribution in [0.3, 0.4) is 0 Å². The van der Waals surface area contributed by atoms with Crippen LogP contribution in [-0.4, -0.2) is 32.3 Å². The Kier molecular flexibility index (Phi) is 4.53. The monoisotopic (exact) mass is 355 g/mol. The van der Waals surface area contributed by atoms with Crippen LogP contribution in [0.5, 0.6) is 5.75 Å². The van der Waals surface area contributed by atoms with Crippen molar-refractivity contribution >= 4 is 28.4 Å². The fraction of sp³-hybridized carbons (Fsp3) is 0.105. The van der Waals surface area contributed by atoms with Gasteiger partial charge in [0.25, 0.3) is 0 Å². The van der Waals surface area contributed by atoms with E-state index in [0.29, 0.717) is 12.1 Å². The molecular formula is C19H14FNO5. The number of ketones is 2. The zero-order valence-electron chi connectivity index (χ0n) is 13.5. The van der Waals surface area contributed by atoms with E-state index in [1.807, 2.05) is 0 Å². The minimum atomic E-state index is -1.68. The number of Topliss-reactive ketones (excluding diaryl/α,β-unsaturated/α-hetero) is 2. The minimum Gasteiger partial charge on any atom is -0.507 e. The summed E-state index contributed by atoms with van der Waals surface area (Å²) in [7, 11) is 0. The predicted molar refractivity (Wildman–Crippen MR) is 90.7 cm³/mol. The number of carboxylic acid groups (broad SMARTS) is 1. The van der Waals surface area contributed by atoms with Gasteiger partial charge in [0.05, 0.1) is 17.3 Å². The van der Waals surface area contributed by atoms with Gasteiger partial charge >= 0.3 is 5.97 Å². The van der Waals surface area contributed by atoms with Crippen LogP contribution in [0, 0.1) is 5.82 Å². The molecule has 6 nitrogen and oxygen atoms in total. The van der Waals surface area contributed by atoms with Crippen molar-refractivity contribution in [3.8, 4) is 5.75 Å². The number of halogens is 1. The van der Waals surface area contributed by atoms with Crippen molar-refractivity contribution in [2.45, 2.75) is 13.0 Å². The molecule has 0 saturated heterocycles. The smallest absolute Gasteiger partial charge is 0.372 e. The third-order valence-corrected chi connectivity index (χ3v) is 4.01. The largest absolute Gasteiger partial charge is 0.507 e. The average molecular weight is 355 g/mol. The van der Waals surface area contributed by atoms with Gasteiger partial charge in [0.15, 0.2) is 5.78 Å². The summed E-state index contributed by atoms with van der Waals surface area (Å²) >= 11 is 0. The number of carboxylic acids is 1. The normalized spacial score (nSPS) is 10.8. The van der Waals surface area contributed by atoms with E-state index in [0.717, 1.165) is 5.56 Å². The zero-order valence-corrected chi connectivity index (χ0v) is 13.5. The van der Waals surface area contributed by atoms with Crippen molar-refractivity contribution in [3.63, 3.8) is 0 Å². The molecule has 132 valence electrons. The lowest BCUT2D eigenvalue weighted by atomic mass is 10.0. The van der Waals surface area contributed by atoms with E-state index < -0.39 is 24.0 Å². The molecule has 0 spiro atoms. The highest BCUT2D eigenvalue weighted by Gasteiger charge is 2.23. The van der Waals surface area contributed by atoms with E-state index in [1.54, 1.807) is 28.8 Å². The molecular weight excluding hydrogens is 341 g/mol. The minimum absolute atomic E-state index is 0.0646. The first-order valence-corrected chi connectivity index (χ1v) is 7.71. The van der Waals surface area contributed by atoms with Crippen LogP contribution in [0.2, 0.25) is 0 Å². The molecule has 1 aromatic heterocycles. The van der Waals surface area contributed by atoms with Crippen LogP contribution in [0.1, 0.15) is 22.3 Å². The Morgan fingerprint density at radius 3 is 2.38 bits per heavy atom. The number of phenols is 1. The molecule has 0 saturated carbocycles. The van der Waals surface area contributed by atoms with Crippen molar-refractivity contribution < 1.29 is 29.0 Å². The van der Waals surface area contributed by atoms with E-state index >= 15 is 0 Å². The Bertz CT molecular complexity index is 1020. The topological polar surface area (TPSA) is 96.6 Å². The standard InChI is InChI=1S/C19H14FNO5/c20-12-6-4-11(5-7-12)9-21-10-13(16(23)8-17(24)19(25)26)18-14(21)2-1-3-15(18)22/h1-7,10,22H,8-9H2,(H,25,26). The lowest BCUT2D eigenvalue weighted by Crippen LogP contribution is -2.17. The third-order valence-electron chi connectivity index (χ3n) is 4.01. The molecule has 1 heterocycles. The lowest BCUT2D eigenvalue weighted by Gasteiger charge is -2.05. The molecule has 0 aliphatic carbocycles. The van der Waals surface area contributed by atoms with Gasteiger partial charge < -0.3 is 14.8 Å². The van der Waals surface area contributed by atoms with Gasteiger partial charge in [-0.05, 0) is 29.8 Å². The highest BCUT2D eigenvalue weighted by molar-refractivity contribution is 6.38. The maximum atomic E-state index is 13.1. The summed E-state index contributed by atoms with van der Waals surface area (Å²) in [5, 5.41) is 19.1. The number of benzene rings is 2. The van der Waals surface area contributed by atoms with Crippen LogP contribution in [0.15, 0.2) is 48.7 Å². The highest BCUT2D eigenvalue weighted by atomic mass is 19.1. The molecule has 0 aliphatic rings. The lowest BCUT2D eigenvalue weighted by molar-refractivity contribution is -0.148. The van der Waals surface area contributed by atoms with Gasteiger partial charge in [-0.1, -0.05) is 18.2 Å². The molecule has 3 aromatic rings. The SMILES string of the molecule is O=C(O)C(=O)CC(=O)c1cn(Cc2ccc(F)cc2)c2cccc(O)c12. The fourth-order valence-corrected chi connectivity index (χ4v) is 2.78. The molecule has 0 radical (unpaired) electrons. The van der Waals surface area contributed by atoms with E-state index in [-0.39, 0.29) is 22.5 Å². The van der Waals surface area contributed by atoms with Crippen molar-refractivity contribution in [2.75, 3.05) is 0 Å². The first-order chi connectivity index (χ1) is 12.4. The van der Waals surface area contributed by atoms with Crippen LogP contribution in [-0.2, 0) is 16.1 Å². The second kappa shape index (κ2) is 6.79. The van der Waals surface area contributed by atoms with E-state index in [1.165, 1.54) is 24.4 Å². The van der Waals surface area contributed by atoms with Gasteiger partial charge in [0.1, 0.15) is 11.6 Å². The Morgan fingerprint density at radius 2 is 1.73 bits per heavy atom. The Labute approximate surface area is 147 Å². The third kappa shape index (κ3) is 3.32. The maximum absolute atomic E-state index is 13.1. The summed E-state index contributed by atoms with van der Waals surface area (Å²) in [6.07, 6.45) is 0.671. The first-order valence-electron chi connectivity index (χ1n) is 7.71. The van der Waals surface area contributed by atoms with Crippen molar-refractivity contribution in [2.24, 2.45) is 0 Å². The zero-order chi connectivity index (χ0) is 18.8. The summed E-state index contributed by atoms with van der Waals surface area (Å²) in [5.74, 6) is -4.11. The van der Waals surface area contributed by atoms with Gasteiger partial charge in [0.2, 0.25) is 5.78 Å². The summed E-state index contributed by atoms with van der Waals surface area (Å²) < 4.78 is 14.7. The number of hydrogen-bond donors (Lipinski definition) is 2. The van der Waals surface area contributed by atoms with Crippen molar-refractivity contribution in [1.82, 2.24) is 4.57 Å². The van der Waals surface area contributed by atoms with Crippen LogP contribution >= 0.6 is 0 Å². The van der Waals surface area contributed by atoms with Gasteiger partial charge in [-0.25, -0.2) is 9.18 Å². The van der Waals surface area contributed by atoms with Crippen molar-refractivity contribution in [1.29, 1.82) is 0 Å². The molecule has 7 heteroatoms. The van der Waals surface area contributed by atoms with Crippen LogP contribution in [0.4, 0.5) is 4.39 Å². The van der Waals surface area contributed by atoms with Crippen LogP contribution in [0.25, 0.3) is 10.9 Å². The Morgan fingerprint density at radius 1 is 1.04 bits per heavy atom. The quantitative estimate of drug-likeness (QED) is 0.403. The molecule has 0 bridgehead atoms. The summed E-state index contributed by atoms with van der Waals surface area (Å²) in [4.78, 5) is 34.4. The number of fused-ring (bicyclic) bond motifs is 1. The number of carbonyl (C=O) groups excluding carboxylic acids is 2. The molecule has 2 aromatic carbocycles. The second-order valence-corrected chi connectivity index (χ2v) is 5.80. The highest BCUT2D eigenvalue weighted by Crippen LogP contribution is 2.31. The number of aliphatic carboxylic acids is 1. The molecule has 26 heavy (non-hydrogen) atoms. The number of nitrogens with zero attached hydrogens (tertiary/aromatic N) is 1. The molecule has 2 N–H and O–H groups in total. The Hall–Kier alpha value is -3.48. The predicted octanol–water partition coefficient (Wildman–Crippen LogP) is 2.76.